The number of likely N-dealkylation sites (tertiary alicyclic amines) is 1. The topological polar surface area (TPSA) is 63.4 Å². The summed E-state index contributed by atoms with van der Waals surface area (Å²) in [6, 6.07) is 16.3. The molecule has 1 heterocycles. The van der Waals surface area contributed by atoms with E-state index in [1.807, 2.05) is 31.2 Å². The molecular weight excluding hydrogens is 408 g/mol. The van der Waals surface area contributed by atoms with E-state index in [1.54, 1.807) is 31.2 Å². The SMILES string of the molecule is C=C/C=C\C=C(/C)C=O.CN1CCC(c2cccc(CN)c2)CC1.Cc1ccccc1C=O. The van der Waals surface area contributed by atoms with Crippen LogP contribution in [0.1, 0.15) is 52.7 Å². The molecule has 3 rings (SSSR count). The van der Waals surface area contributed by atoms with Crippen molar-refractivity contribution in [2.75, 3.05) is 20.1 Å². The first-order chi connectivity index (χ1) is 15.9. The standard InChI is InChI=1S/C13H20N2.C8H8O.C8H10O/c1-15-7-5-12(6-8-15)13-4-2-3-11(9-13)10-14;1-7-4-2-3-5-8(7)6-9;1-3-4-5-6-8(2)7-9/h2-4,9,12H,5-8,10,14H2,1H3;2-6H,1H3;3-7H,1H2,2H3/b;;5-4-,8-6+. The number of nitrogens with zero attached hydrogens (tertiary/aromatic N) is 1. The number of aldehydes is 2. The number of carbonyl (C=O) groups is 2. The van der Waals surface area contributed by atoms with E-state index >= 15 is 0 Å². The number of carbonyl (C=O) groups excluding carboxylic acids is 2. The van der Waals surface area contributed by atoms with Crippen LogP contribution in [0.25, 0.3) is 0 Å². The van der Waals surface area contributed by atoms with Crippen molar-refractivity contribution in [3.8, 4) is 0 Å². The molecule has 0 radical (unpaired) electrons. The fourth-order valence-corrected chi connectivity index (χ4v) is 3.36. The van der Waals surface area contributed by atoms with Crippen LogP contribution in [0.5, 0.6) is 0 Å². The molecule has 176 valence electrons. The normalized spacial score (nSPS) is 14.5. The van der Waals surface area contributed by atoms with Crippen LogP contribution in [0.2, 0.25) is 0 Å². The van der Waals surface area contributed by atoms with Gasteiger partial charge in [-0.25, -0.2) is 0 Å². The zero-order valence-corrected chi connectivity index (χ0v) is 20.2. The predicted molar refractivity (Wildman–Crippen MR) is 140 cm³/mol. The monoisotopic (exact) mass is 446 g/mol. The number of hydrogen-bond acceptors (Lipinski definition) is 4. The molecule has 2 N–H and O–H groups in total. The first-order valence-corrected chi connectivity index (χ1v) is 11.3. The minimum atomic E-state index is 0.653. The third-order valence-corrected chi connectivity index (χ3v) is 5.48. The van der Waals surface area contributed by atoms with Crippen molar-refractivity contribution in [2.45, 2.75) is 39.2 Å². The minimum absolute atomic E-state index is 0.653. The summed E-state index contributed by atoms with van der Waals surface area (Å²) in [5.41, 5.74) is 10.9. The van der Waals surface area contributed by atoms with E-state index in [2.05, 4.69) is 42.8 Å². The lowest BCUT2D eigenvalue weighted by Crippen LogP contribution is -2.29. The lowest BCUT2D eigenvalue weighted by Gasteiger charge is -2.29. The first-order valence-electron chi connectivity index (χ1n) is 11.3. The Hall–Kier alpha value is -3.08. The summed E-state index contributed by atoms with van der Waals surface area (Å²) in [5, 5.41) is 0. The van der Waals surface area contributed by atoms with Crippen LogP contribution in [0, 0.1) is 6.92 Å². The summed E-state index contributed by atoms with van der Waals surface area (Å²) < 4.78 is 0. The Morgan fingerprint density at radius 3 is 2.33 bits per heavy atom. The third kappa shape index (κ3) is 11.4. The van der Waals surface area contributed by atoms with Gasteiger partial charge in [0.1, 0.15) is 12.6 Å². The van der Waals surface area contributed by atoms with Crippen LogP contribution >= 0.6 is 0 Å². The molecule has 0 amide bonds. The van der Waals surface area contributed by atoms with Crippen LogP contribution in [0.4, 0.5) is 0 Å². The third-order valence-electron chi connectivity index (χ3n) is 5.48. The number of rotatable bonds is 6. The Balaban J connectivity index is 0.000000264. The second-order valence-electron chi connectivity index (χ2n) is 8.15. The van der Waals surface area contributed by atoms with Gasteiger partial charge in [0.15, 0.2) is 0 Å². The smallest absolute Gasteiger partial charge is 0.150 e. The van der Waals surface area contributed by atoms with Crippen molar-refractivity contribution in [2.24, 2.45) is 5.73 Å². The van der Waals surface area contributed by atoms with Gasteiger partial charge >= 0.3 is 0 Å². The molecule has 2 aromatic carbocycles. The zero-order valence-electron chi connectivity index (χ0n) is 20.2. The van der Waals surface area contributed by atoms with Gasteiger partial charge in [0.25, 0.3) is 0 Å². The summed E-state index contributed by atoms with van der Waals surface area (Å²) >= 11 is 0. The van der Waals surface area contributed by atoms with E-state index in [9.17, 15) is 9.59 Å². The van der Waals surface area contributed by atoms with E-state index in [1.165, 1.54) is 37.1 Å². The van der Waals surface area contributed by atoms with E-state index in [0.29, 0.717) is 12.1 Å². The van der Waals surface area contributed by atoms with Crippen LogP contribution in [0.15, 0.2) is 85.0 Å². The highest BCUT2D eigenvalue weighted by atomic mass is 16.1. The van der Waals surface area contributed by atoms with Gasteiger partial charge < -0.3 is 10.6 Å². The Kier molecular flexibility index (Phi) is 14.0. The lowest BCUT2D eigenvalue weighted by atomic mass is 9.89. The molecule has 0 unspecified atom stereocenters. The Morgan fingerprint density at radius 2 is 1.79 bits per heavy atom. The van der Waals surface area contributed by atoms with E-state index < -0.39 is 0 Å². The molecule has 0 saturated carbocycles. The summed E-state index contributed by atoms with van der Waals surface area (Å²) in [4.78, 5) is 22.6. The molecule has 0 bridgehead atoms. The molecule has 0 aromatic heterocycles. The van der Waals surface area contributed by atoms with Crippen molar-refractivity contribution in [1.82, 2.24) is 4.90 Å². The molecule has 2 aromatic rings. The molecule has 1 aliphatic rings. The van der Waals surface area contributed by atoms with Crippen molar-refractivity contribution in [3.05, 3.63) is 107 Å². The summed E-state index contributed by atoms with van der Waals surface area (Å²) in [5.74, 6) is 0.743. The Bertz CT molecular complexity index is 923. The Labute approximate surface area is 199 Å². The highest BCUT2D eigenvalue weighted by molar-refractivity contribution is 5.76. The van der Waals surface area contributed by atoms with Crippen molar-refractivity contribution in [1.29, 1.82) is 0 Å². The average Bonchev–Trinajstić information content (AvgIpc) is 2.85. The molecule has 33 heavy (non-hydrogen) atoms. The molecule has 1 saturated heterocycles. The molecule has 0 atom stereocenters. The summed E-state index contributed by atoms with van der Waals surface area (Å²) in [7, 11) is 2.20. The van der Waals surface area contributed by atoms with Gasteiger partial charge in [-0.2, -0.15) is 0 Å². The first kappa shape index (κ1) is 28.0. The second kappa shape index (κ2) is 16.5. The van der Waals surface area contributed by atoms with Crippen LogP contribution in [-0.4, -0.2) is 37.6 Å². The van der Waals surface area contributed by atoms with Crippen LogP contribution < -0.4 is 5.73 Å². The van der Waals surface area contributed by atoms with Crippen molar-refractivity contribution < 1.29 is 9.59 Å². The molecule has 1 aliphatic heterocycles. The molecule has 0 spiro atoms. The van der Waals surface area contributed by atoms with Crippen molar-refractivity contribution >= 4 is 12.6 Å². The summed E-state index contributed by atoms with van der Waals surface area (Å²) in [6.45, 7) is 10.2. The number of hydrogen-bond donors (Lipinski definition) is 1. The minimum Gasteiger partial charge on any atom is -0.326 e. The molecule has 4 heteroatoms. The van der Waals surface area contributed by atoms with Crippen LogP contribution in [-0.2, 0) is 11.3 Å². The van der Waals surface area contributed by atoms with Crippen molar-refractivity contribution in [3.63, 3.8) is 0 Å². The Morgan fingerprint density at radius 1 is 1.09 bits per heavy atom. The maximum absolute atomic E-state index is 10.2. The van der Waals surface area contributed by atoms with Gasteiger partial charge in [-0.1, -0.05) is 79.4 Å². The fraction of sp³-hybridized carbons (Fsp3) is 0.310. The highest BCUT2D eigenvalue weighted by Gasteiger charge is 2.18. The number of nitrogens with two attached hydrogens (primary N) is 1. The number of piperidine rings is 1. The molecular formula is C29H38N2O2. The van der Waals surface area contributed by atoms with Crippen LogP contribution in [0.3, 0.4) is 0 Å². The van der Waals surface area contributed by atoms with Gasteiger partial charge in [0.05, 0.1) is 0 Å². The largest absolute Gasteiger partial charge is 0.326 e. The molecule has 0 aliphatic carbocycles. The maximum atomic E-state index is 10.2. The quantitative estimate of drug-likeness (QED) is 0.354. The van der Waals surface area contributed by atoms with E-state index in [-0.39, 0.29) is 0 Å². The average molecular weight is 447 g/mol. The van der Waals surface area contributed by atoms with Gasteiger partial charge in [0, 0.05) is 12.1 Å². The van der Waals surface area contributed by atoms with Gasteiger partial charge in [0.2, 0.25) is 0 Å². The maximum Gasteiger partial charge on any atom is 0.150 e. The highest BCUT2D eigenvalue weighted by Crippen LogP contribution is 2.27. The lowest BCUT2D eigenvalue weighted by molar-refractivity contribution is -0.104. The number of allylic oxidation sites excluding steroid dienone is 5. The fourth-order valence-electron chi connectivity index (χ4n) is 3.36. The predicted octanol–water partition coefficient (Wildman–Crippen LogP) is 5.64. The zero-order chi connectivity index (χ0) is 24.5. The van der Waals surface area contributed by atoms with Gasteiger partial charge in [-0.05, 0) is 75.0 Å². The van der Waals surface area contributed by atoms with Gasteiger partial charge in [-0.15, -0.1) is 0 Å². The number of aryl methyl sites for hydroxylation is 1. The number of benzene rings is 2. The molecule has 4 nitrogen and oxygen atoms in total. The second-order valence-corrected chi connectivity index (χ2v) is 8.15. The van der Waals surface area contributed by atoms with E-state index in [4.69, 9.17) is 5.73 Å². The summed E-state index contributed by atoms with van der Waals surface area (Å²) in [6.07, 6.45) is 11.2. The van der Waals surface area contributed by atoms with E-state index in [0.717, 1.165) is 29.6 Å². The molecule has 1 fully saturated rings. The van der Waals surface area contributed by atoms with Gasteiger partial charge in [-0.3, -0.25) is 9.59 Å².